The SMILES string of the molecule is COc1ccccc1-c1nn(CN2CCC(CN3CCCCCC3)CC2)c(=S)o1. The van der Waals surface area contributed by atoms with Gasteiger partial charge in [0.25, 0.3) is 10.7 Å². The van der Waals surface area contributed by atoms with E-state index in [9.17, 15) is 0 Å². The molecule has 0 amide bonds. The largest absolute Gasteiger partial charge is 0.496 e. The zero-order valence-electron chi connectivity index (χ0n) is 17.4. The summed E-state index contributed by atoms with van der Waals surface area (Å²) < 4.78 is 13.0. The maximum Gasteiger partial charge on any atom is 0.288 e. The highest BCUT2D eigenvalue weighted by molar-refractivity contribution is 7.71. The van der Waals surface area contributed by atoms with Crippen LogP contribution >= 0.6 is 12.2 Å². The first kappa shape index (κ1) is 20.6. The molecule has 0 bridgehead atoms. The molecule has 4 rings (SSSR count). The third-order valence-corrected chi connectivity index (χ3v) is 6.49. The summed E-state index contributed by atoms with van der Waals surface area (Å²) in [4.78, 5) is 5.54. The van der Waals surface area contributed by atoms with Crippen molar-refractivity contribution in [1.29, 1.82) is 0 Å². The van der Waals surface area contributed by atoms with E-state index in [1.54, 1.807) is 11.8 Å². The van der Waals surface area contributed by atoms with E-state index >= 15 is 0 Å². The second kappa shape index (κ2) is 9.87. The zero-order chi connectivity index (χ0) is 20.1. The lowest BCUT2D eigenvalue weighted by molar-refractivity contribution is 0.115. The minimum absolute atomic E-state index is 0.414. The van der Waals surface area contributed by atoms with Crippen LogP contribution in [0.25, 0.3) is 11.5 Å². The maximum atomic E-state index is 5.77. The van der Waals surface area contributed by atoms with Gasteiger partial charge >= 0.3 is 0 Å². The second-order valence-electron chi connectivity index (χ2n) is 8.29. The summed E-state index contributed by atoms with van der Waals surface area (Å²) in [5.41, 5.74) is 0.830. The summed E-state index contributed by atoms with van der Waals surface area (Å²) in [7, 11) is 1.65. The van der Waals surface area contributed by atoms with Crippen LogP contribution in [0.1, 0.15) is 38.5 Å². The van der Waals surface area contributed by atoms with E-state index in [2.05, 4.69) is 14.9 Å². The number of piperidine rings is 1. The molecule has 1 aromatic carbocycles. The van der Waals surface area contributed by atoms with Gasteiger partial charge in [0.05, 0.1) is 19.3 Å². The van der Waals surface area contributed by atoms with Gasteiger partial charge in [0, 0.05) is 19.6 Å². The van der Waals surface area contributed by atoms with Gasteiger partial charge in [-0.1, -0.05) is 25.0 Å². The third-order valence-electron chi connectivity index (χ3n) is 6.20. The van der Waals surface area contributed by atoms with Crippen molar-refractivity contribution in [3.8, 4) is 17.2 Å². The molecule has 29 heavy (non-hydrogen) atoms. The van der Waals surface area contributed by atoms with Crippen molar-refractivity contribution in [2.24, 2.45) is 5.92 Å². The highest BCUT2D eigenvalue weighted by Gasteiger charge is 2.23. The minimum atomic E-state index is 0.414. The van der Waals surface area contributed by atoms with Crippen LogP contribution in [0.15, 0.2) is 28.7 Å². The second-order valence-corrected chi connectivity index (χ2v) is 8.64. The monoisotopic (exact) mass is 416 g/mol. The molecule has 2 aliphatic heterocycles. The number of nitrogens with zero attached hydrogens (tertiary/aromatic N) is 4. The minimum Gasteiger partial charge on any atom is -0.496 e. The lowest BCUT2D eigenvalue weighted by atomic mass is 9.96. The smallest absolute Gasteiger partial charge is 0.288 e. The Labute approximate surface area is 178 Å². The van der Waals surface area contributed by atoms with Crippen LogP contribution in [-0.4, -0.2) is 59.4 Å². The van der Waals surface area contributed by atoms with Crippen LogP contribution in [-0.2, 0) is 6.67 Å². The van der Waals surface area contributed by atoms with Crippen LogP contribution in [0.5, 0.6) is 5.75 Å². The lowest BCUT2D eigenvalue weighted by Gasteiger charge is -2.34. The summed E-state index contributed by atoms with van der Waals surface area (Å²) in [5.74, 6) is 2.08. The molecule has 0 unspecified atom stereocenters. The first-order valence-electron chi connectivity index (χ1n) is 10.9. The molecule has 0 radical (unpaired) electrons. The molecule has 7 heteroatoms. The highest BCUT2D eigenvalue weighted by Crippen LogP contribution is 2.28. The van der Waals surface area contributed by atoms with E-state index in [1.807, 2.05) is 24.3 Å². The summed E-state index contributed by atoms with van der Waals surface area (Å²) in [6.45, 7) is 6.73. The van der Waals surface area contributed by atoms with E-state index in [0.717, 1.165) is 30.3 Å². The lowest BCUT2D eigenvalue weighted by Crippen LogP contribution is -2.39. The van der Waals surface area contributed by atoms with Crippen molar-refractivity contribution in [3.63, 3.8) is 0 Å². The molecule has 0 N–H and O–H groups in total. The predicted molar refractivity (Wildman–Crippen MR) is 117 cm³/mol. The number of para-hydroxylation sites is 1. The number of ether oxygens (including phenoxy) is 1. The molecule has 0 saturated carbocycles. The Hall–Kier alpha value is -1.70. The fourth-order valence-corrected chi connectivity index (χ4v) is 4.69. The van der Waals surface area contributed by atoms with Crippen molar-refractivity contribution in [3.05, 3.63) is 29.1 Å². The fraction of sp³-hybridized carbons (Fsp3) is 0.636. The number of likely N-dealkylation sites (tertiary alicyclic amines) is 2. The molecule has 6 nitrogen and oxygen atoms in total. The normalized spacial score (nSPS) is 19.9. The Morgan fingerprint density at radius 3 is 2.48 bits per heavy atom. The zero-order valence-corrected chi connectivity index (χ0v) is 18.2. The number of hydrogen-bond acceptors (Lipinski definition) is 6. The van der Waals surface area contributed by atoms with Crippen LogP contribution in [0, 0.1) is 10.8 Å². The van der Waals surface area contributed by atoms with Gasteiger partial charge in [0.2, 0.25) is 0 Å². The Morgan fingerprint density at radius 2 is 1.76 bits per heavy atom. The Bertz CT molecular complexity index is 833. The highest BCUT2D eigenvalue weighted by atomic mass is 32.1. The molecule has 158 valence electrons. The summed E-state index contributed by atoms with van der Waals surface area (Å²) in [6.07, 6.45) is 8.06. The number of rotatable bonds is 6. The first-order valence-corrected chi connectivity index (χ1v) is 11.3. The fourth-order valence-electron chi connectivity index (χ4n) is 4.51. The van der Waals surface area contributed by atoms with Gasteiger partial charge < -0.3 is 14.1 Å². The molecule has 0 spiro atoms. The molecule has 0 atom stereocenters. The van der Waals surface area contributed by atoms with E-state index < -0.39 is 0 Å². The standard InChI is InChI=1S/C22H32N4O2S/c1-27-20-9-5-4-8-19(20)21-23-26(22(29)28-21)17-25-14-10-18(11-15-25)16-24-12-6-2-3-7-13-24/h4-5,8-9,18H,2-3,6-7,10-17H2,1H3. The Kier molecular flexibility index (Phi) is 7.00. The number of aromatic nitrogens is 2. The Morgan fingerprint density at radius 1 is 1.03 bits per heavy atom. The van der Waals surface area contributed by atoms with Gasteiger partial charge in [-0.05, 0) is 69.0 Å². The summed E-state index contributed by atoms with van der Waals surface area (Å²) >= 11 is 5.42. The summed E-state index contributed by atoms with van der Waals surface area (Å²) in [5, 5.41) is 4.62. The van der Waals surface area contributed by atoms with Crippen molar-refractivity contribution >= 4 is 12.2 Å². The van der Waals surface area contributed by atoms with E-state index in [1.165, 1.54) is 58.2 Å². The molecular formula is C22H32N4O2S. The molecule has 2 fully saturated rings. The van der Waals surface area contributed by atoms with Crippen LogP contribution in [0.2, 0.25) is 0 Å². The molecule has 2 saturated heterocycles. The number of methoxy groups -OCH3 is 1. The van der Waals surface area contributed by atoms with E-state index in [0.29, 0.717) is 17.4 Å². The van der Waals surface area contributed by atoms with Crippen molar-refractivity contribution in [1.82, 2.24) is 19.6 Å². The summed E-state index contributed by atoms with van der Waals surface area (Å²) in [6, 6.07) is 7.73. The topological polar surface area (TPSA) is 46.7 Å². The molecule has 2 aromatic rings. The predicted octanol–water partition coefficient (Wildman–Crippen LogP) is 4.43. The van der Waals surface area contributed by atoms with Gasteiger partial charge in [-0.25, -0.2) is 4.68 Å². The van der Waals surface area contributed by atoms with Crippen LogP contribution in [0.3, 0.4) is 0 Å². The number of hydrogen-bond donors (Lipinski definition) is 0. The average molecular weight is 417 g/mol. The van der Waals surface area contributed by atoms with Gasteiger partial charge in [0.15, 0.2) is 0 Å². The molecule has 1 aromatic heterocycles. The maximum absolute atomic E-state index is 5.77. The molecule has 0 aliphatic carbocycles. The quantitative estimate of drug-likeness (QED) is 0.650. The molecular weight excluding hydrogens is 384 g/mol. The van der Waals surface area contributed by atoms with Crippen molar-refractivity contribution < 1.29 is 9.15 Å². The van der Waals surface area contributed by atoms with E-state index in [4.69, 9.17) is 21.4 Å². The van der Waals surface area contributed by atoms with Crippen molar-refractivity contribution in [2.45, 2.75) is 45.2 Å². The van der Waals surface area contributed by atoms with Crippen molar-refractivity contribution in [2.75, 3.05) is 39.8 Å². The molecule has 2 aliphatic rings. The van der Waals surface area contributed by atoms with Crippen LogP contribution in [0.4, 0.5) is 0 Å². The van der Waals surface area contributed by atoms with Gasteiger partial charge in [-0.3, -0.25) is 4.90 Å². The third kappa shape index (κ3) is 5.27. The molecule has 3 heterocycles. The van der Waals surface area contributed by atoms with Crippen LogP contribution < -0.4 is 4.74 Å². The van der Waals surface area contributed by atoms with Gasteiger partial charge in [-0.2, -0.15) is 0 Å². The number of benzene rings is 1. The van der Waals surface area contributed by atoms with E-state index in [-0.39, 0.29) is 0 Å². The Balaban J connectivity index is 1.33. The first-order chi connectivity index (χ1) is 14.2. The average Bonchev–Trinajstić information content (AvgIpc) is 2.93. The van der Waals surface area contributed by atoms with Gasteiger partial charge in [-0.15, -0.1) is 5.10 Å². The van der Waals surface area contributed by atoms with Gasteiger partial charge in [0.1, 0.15) is 5.75 Å².